The summed E-state index contributed by atoms with van der Waals surface area (Å²) < 4.78 is 7.11. The minimum absolute atomic E-state index is 0.431. The molecule has 1 unspecified atom stereocenters. The van der Waals surface area contributed by atoms with Crippen LogP contribution in [0.4, 0.5) is 5.69 Å². The van der Waals surface area contributed by atoms with Gasteiger partial charge >= 0.3 is 0 Å². The molecule has 2 aromatic heterocycles. The highest BCUT2D eigenvalue weighted by atomic mass is 16.6. The van der Waals surface area contributed by atoms with Crippen LogP contribution in [0.5, 0.6) is 0 Å². The summed E-state index contributed by atoms with van der Waals surface area (Å²) in [6, 6.07) is 3.75. The maximum absolute atomic E-state index is 9.86. The van der Waals surface area contributed by atoms with Gasteiger partial charge in [-0.25, -0.2) is 4.68 Å². The first-order chi connectivity index (χ1) is 9.35. The fourth-order valence-electron chi connectivity index (χ4n) is 1.72. The molecule has 2 rings (SSSR count). The van der Waals surface area contributed by atoms with E-state index in [0.717, 1.165) is 11.4 Å². The highest BCUT2D eigenvalue weighted by Gasteiger charge is 2.18. The summed E-state index contributed by atoms with van der Waals surface area (Å²) in [6.07, 6.45) is 4.14. The van der Waals surface area contributed by atoms with E-state index in [1.807, 2.05) is 39.8 Å². The molecule has 0 saturated heterocycles. The van der Waals surface area contributed by atoms with E-state index in [0.29, 0.717) is 5.69 Å². The number of nitrogens with zero attached hydrogens (tertiary/aromatic N) is 3. The van der Waals surface area contributed by atoms with Gasteiger partial charge in [0.15, 0.2) is 0 Å². The predicted octanol–water partition coefficient (Wildman–Crippen LogP) is 2.08. The molecular formula is C14H20N4O2. The second-order valence-electron chi connectivity index (χ2n) is 5.51. The van der Waals surface area contributed by atoms with Crippen LogP contribution in [0.2, 0.25) is 0 Å². The molecule has 6 nitrogen and oxygen atoms in total. The van der Waals surface area contributed by atoms with Crippen molar-refractivity contribution in [1.29, 1.82) is 0 Å². The van der Waals surface area contributed by atoms with Crippen molar-refractivity contribution >= 4 is 5.69 Å². The van der Waals surface area contributed by atoms with Gasteiger partial charge in [-0.3, -0.25) is 4.98 Å². The molecular weight excluding hydrogens is 256 g/mol. The Bertz CT molecular complexity index is 560. The van der Waals surface area contributed by atoms with Crippen LogP contribution in [-0.2, 0) is 4.74 Å². The molecule has 0 aliphatic rings. The van der Waals surface area contributed by atoms with E-state index in [2.05, 4.69) is 15.4 Å². The third kappa shape index (κ3) is 3.79. The van der Waals surface area contributed by atoms with Gasteiger partial charge in [0.1, 0.15) is 0 Å². The summed E-state index contributed by atoms with van der Waals surface area (Å²) in [5.41, 5.74) is 1.91. The second kappa shape index (κ2) is 5.60. The number of aliphatic hydroxyl groups excluding tert-OH is 1. The number of anilines is 1. The first kappa shape index (κ1) is 14.5. The Kier molecular flexibility index (Phi) is 4.06. The van der Waals surface area contributed by atoms with Crippen molar-refractivity contribution in [3.8, 4) is 5.69 Å². The number of aromatic nitrogens is 3. The van der Waals surface area contributed by atoms with Crippen molar-refractivity contribution in [2.75, 3.05) is 5.32 Å². The number of pyridine rings is 1. The summed E-state index contributed by atoms with van der Waals surface area (Å²) in [5.74, 6) is 0. The smallest absolute Gasteiger partial charge is 0.236 e. The maximum Gasteiger partial charge on any atom is 0.236 e. The average molecular weight is 276 g/mol. The Morgan fingerprint density at radius 2 is 2.15 bits per heavy atom. The molecule has 0 saturated carbocycles. The fraction of sp³-hybridized carbons (Fsp3) is 0.429. The summed E-state index contributed by atoms with van der Waals surface area (Å²) in [5, 5.41) is 17.1. The van der Waals surface area contributed by atoms with E-state index in [4.69, 9.17) is 4.74 Å². The van der Waals surface area contributed by atoms with E-state index < -0.39 is 12.0 Å². The van der Waals surface area contributed by atoms with Crippen LogP contribution >= 0.6 is 0 Å². The lowest BCUT2D eigenvalue weighted by Gasteiger charge is -2.24. The van der Waals surface area contributed by atoms with Crippen molar-refractivity contribution in [3.63, 3.8) is 0 Å². The second-order valence-corrected chi connectivity index (χ2v) is 5.51. The highest BCUT2D eigenvalue weighted by molar-refractivity contribution is 5.48. The molecule has 0 aromatic carbocycles. The van der Waals surface area contributed by atoms with Crippen LogP contribution in [0, 0.1) is 6.92 Å². The molecule has 0 fully saturated rings. The lowest BCUT2D eigenvalue weighted by atomic mass is 10.2. The van der Waals surface area contributed by atoms with Crippen molar-refractivity contribution < 1.29 is 9.84 Å². The van der Waals surface area contributed by atoms with Crippen LogP contribution in [-0.4, -0.2) is 31.9 Å². The Hall–Kier alpha value is -1.92. The molecule has 0 amide bonds. The molecule has 0 aliphatic carbocycles. The summed E-state index contributed by atoms with van der Waals surface area (Å²) in [7, 11) is 0. The number of hydrogen-bond donors (Lipinski definition) is 2. The SMILES string of the molecule is Cc1nn(-c2cccnc2)cc1NC(O)OC(C)(C)C. The van der Waals surface area contributed by atoms with Gasteiger partial charge in [0.2, 0.25) is 6.41 Å². The van der Waals surface area contributed by atoms with Crippen LogP contribution in [0.3, 0.4) is 0 Å². The number of rotatable bonds is 4. The van der Waals surface area contributed by atoms with Gasteiger partial charge in [0.25, 0.3) is 0 Å². The normalized spacial score (nSPS) is 13.2. The molecule has 2 N–H and O–H groups in total. The van der Waals surface area contributed by atoms with E-state index in [1.165, 1.54) is 0 Å². The number of aliphatic hydroxyl groups is 1. The number of ether oxygens (including phenoxy) is 1. The van der Waals surface area contributed by atoms with E-state index in [9.17, 15) is 5.11 Å². The monoisotopic (exact) mass is 276 g/mol. The highest BCUT2D eigenvalue weighted by Crippen LogP contribution is 2.18. The van der Waals surface area contributed by atoms with Gasteiger partial charge in [-0.1, -0.05) is 0 Å². The maximum atomic E-state index is 9.86. The van der Waals surface area contributed by atoms with Gasteiger partial charge in [-0.05, 0) is 39.8 Å². The van der Waals surface area contributed by atoms with Crippen LogP contribution in [0.15, 0.2) is 30.7 Å². The van der Waals surface area contributed by atoms with Crippen molar-refractivity contribution in [2.45, 2.75) is 39.7 Å². The van der Waals surface area contributed by atoms with Gasteiger partial charge in [-0.15, -0.1) is 0 Å². The first-order valence-corrected chi connectivity index (χ1v) is 6.44. The fourth-order valence-corrected chi connectivity index (χ4v) is 1.72. The van der Waals surface area contributed by atoms with Crippen molar-refractivity contribution in [2.24, 2.45) is 0 Å². The topological polar surface area (TPSA) is 72.2 Å². The molecule has 108 valence electrons. The van der Waals surface area contributed by atoms with Gasteiger partial charge in [0, 0.05) is 6.20 Å². The number of hydrogen-bond acceptors (Lipinski definition) is 5. The molecule has 0 spiro atoms. The van der Waals surface area contributed by atoms with Crippen LogP contribution < -0.4 is 5.32 Å². The first-order valence-electron chi connectivity index (χ1n) is 6.44. The summed E-state index contributed by atoms with van der Waals surface area (Å²) >= 11 is 0. The van der Waals surface area contributed by atoms with E-state index in [-0.39, 0.29) is 0 Å². The summed E-state index contributed by atoms with van der Waals surface area (Å²) in [6.45, 7) is 7.50. The quantitative estimate of drug-likeness (QED) is 0.836. The number of aryl methyl sites for hydroxylation is 1. The Morgan fingerprint density at radius 1 is 1.40 bits per heavy atom. The standard InChI is InChI=1S/C14H20N4O2/c1-10-12(16-13(19)20-14(2,3)4)9-18(17-10)11-6-5-7-15-8-11/h5-9,13,16,19H,1-4H3. The van der Waals surface area contributed by atoms with Gasteiger partial charge in [0.05, 0.1) is 35.1 Å². The minimum atomic E-state index is -1.08. The Balaban J connectivity index is 2.12. The molecule has 6 heteroatoms. The van der Waals surface area contributed by atoms with Crippen LogP contribution in [0.25, 0.3) is 5.69 Å². The molecule has 1 atom stereocenters. The van der Waals surface area contributed by atoms with Crippen molar-refractivity contribution in [3.05, 3.63) is 36.4 Å². The van der Waals surface area contributed by atoms with Gasteiger partial charge in [-0.2, -0.15) is 5.10 Å². The Labute approximate surface area is 118 Å². The molecule has 0 aliphatic heterocycles. The third-order valence-corrected chi connectivity index (χ3v) is 2.55. The molecule has 20 heavy (non-hydrogen) atoms. The molecule has 0 bridgehead atoms. The van der Waals surface area contributed by atoms with Crippen LogP contribution in [0.1, 0.15) is 26.5 Å². The average Bonchev–Trinajstić information content (AvgIpc) is 2.70. The largest absolute Gasteiger partial charge is 0.351 e. The zero-order chi connectivity index (χ0) is 14.8. The zero-order valence-corrected chi connectivity index (χ0v) is 12.2. The summed E-state index contributed by atoms with van der Waals surface area (Å²) in [4.78, 5) is 4.05. The zero-order valence-electron chi connectivity index (χ0n) is 12.2. The molecule has 2 aromatic rings. The molecule has 0 radical (unpaired) electrons. The minimum Gasteiger partial charge on any atom is -0.351 e. The lowest BCUT2D eigenvalue weighted by molar-refractivity contribution is -0.148. The van der Waals surface area contributed by atoms with E-state index in [1.54, 1.807) is 23.3 Å². The predicted molar refractivity (Wildman–Crippen MR) is 76.6 cm³/mol. The van der Waals surface area contributed by atoms with E-state index >= 15 is 0 Å². The lowest BCUT2D eigenvalue weighted by Crippen LogP contribution is -2.32. The van der Waals surface area contributed by atoms with Crippen molar-refractivity contribution in [1.82, 2.24) is 14.8 Å². The Morgan fingerprint density at radius 3 is 2.75 bits per heavy atom. The number of nitrogens with one attached hydrogen (secondary N) is 1. The molecule has 2 heterocycles. The third-order valence-electron chi connectivity index (χ3n) is 2.55. The van der Waals surface area contributed by atoms with Gasteiger partial charge < -0.3 is 15.2 Å².